The molecule has 0 amide bonds. The number of hydrogen-bond acceptors (Lipinski definition) is 3. The molecule has 3 aliphatic rings. The van der Waals surface area contributed by atoms with Crippen molar-refractivity contribution in [1.82, 2.24) is 14.7 Å². The van der Waals surface area contributed by atoms with Crippen LogP contribution in [0.5, 0.6) is 0 Å². The van der Waals surface area contributed by atoms with Crippen LogP contribution in [0.15, 0.2) is 0 Å². The molecule has 0 bridgehead atoms. The Hall–Kier alpha value is -0.120. The average Bonchev–Trinajstić information content (AvgIpc) is 2.48. The normalized spacial score (nSPS) is 34.8. The van der Waals surface area contributed by atoms with Gasteiger partial charge in [0.15, 0.2) is 0 Å². The van der Waals surface area contributed by atoms with Gasteiger partial charge in [-0.15, -0.1) is 0 Å². The predicted molar refractivity (Wildman–Crippen MR) is 52.4 cm³/mol. The molecule has 3 fully saturated rings. The molecule has 3 heterocycles. The molecule has 0 aromatic rings. The summed E-state index contributed by atoms with van der Waals surface area (Å²) in [5.41, 5.74) is 0. The second-order valence-electron chi connectivity index (χ2n) is 4.64. The van der Waals surface area contributed by atoms with Crippen LogP contribution in [-0.2, 0) is 0 Å². The van der Waals surface area contributed by atoms with Crippen molar-refractivity contribution in [3.8, 4) is 0 Å². The van der Waals surface area contributed by atoms with Gasteiger partial charge in [-0.1, -0.05) is 0 Å². The van der Waals surface area contributed by atoms with E-state index >= 15 is 0 Å². The monoisotopic (exact) mass is 181 g/mol. The summed E-state index contributed by atoms with van der Waals surface area (Å²) in [6.45, 7) is 10.2. The third-order valence-corrected chi connectivity index (χ3v) is 4.15. The molecule has 3 nitrogen and oxygen atoms in total. The Labute approximate surface area is 80.3 Å². The van der Waals surface area contributed by atoms with Crippen LogP contribution in [0.1, 0.15) is 19.8 Å². The summed E-state index contributed by atoms with van der Waals surface area (Å²) in [6, 6.07) is 0. The maximum atomic E-state index is 2.67. The fourth-order valence-corrected chi connectivity index (χ4v) is 3.35. The molecule has 3 heteroatoms. The minimum absolute atomic E-state index is 0.302. The van der Waals surface area contributed by atoms with E-state index in [1.807, 2.05) is 0 Å². The highest BCUT2D eigenvalue weighted by Gasteiger charge is 2.50. The lowest BCUT2D eigenvalue weighted by molar-refractivity contribution is -0.152. The van der Waals surface area contributed by atoms with Gasteiger partial charge in [0.05, 0.1) is 0 Å². The van der Waals surface area contributed by atoms with E-state index in [4.69, 9.17) is 0 Å². The molecule has 0 N–H and O–H groups in total. The summed E-state index contributed by atoms with van der Waals surface area (Å²) in [6.07, 6.45) is 2.73. The third-order valence-electron chi connectivity index (χ3n) is 4.15. The van der Waals surface area contributed by atoms with Crippen LogP contribution in [0.3, 0.4) is 0 Å². The molecular weight excluding hydrogens is 162 g/mol. The van der Waals surface area contributed by atoms with Gasteiger partial charge < -0.3 is 0 Å². The smallest absolute Gasteiger partial charge is 0.128 e. The van der Waals surface area contributed by atoms with Crippen LogP contribution in [0, 0.1) is 0 Å². The molecule has 3 saturated heterocycles. The van der Waals surface area contributed by atoms with E-state index in [0.717, 1.165) is 0 Å². The van der Waals surface area contributed by atoms with Gasteiger partial charge in [-0.2, -0.15) is 0 Å². The van der Waals surface area contributed by atoms with Crippen LogP contribution in [0.2, 0.25) is 0 Å². The molecule has 3 aliphatic heterocycles. The molecule has 0 aromatic heterocycles. The summed E-state index contributed by atoms with van der Waals surface area (Å²) in [7, 11) is 0. The lowest BCUT2D eigenvalue weighted by Crippen LogP contribution is -2.68. The average molecular weight is 181 g/mol. The van der Waals surface area contributed by atoms with E-state index in [9.17, 15) is 0 Å². The van der Waals surface area contributed by atoms with Crippen molar-refractivity contribution in [1.29, 1.82) is 0 Å². The highest BCUT2D eigenvalue weighted by Crippen LogP contribution is 2.36. The first-order chi connectivity index (χ1) is 6.32. The SMILES string of the molecule is CC12N3CCCN1CCN2CCC3. The van der Waals surface area contributed by atoms with E-state index in [-0.39, 0.29) is 0 Å². The zero-order chi connectivity index (χ0) is 8.89. The van der Waals surface area contributed by atoms with Crippen molar-refractivity contribution >= 4 is 0 Å². The topological polar surface area (TPSA) is 9.72 Å². The lowest BCUT2D eigenvalue weighted by Gasteiger charge is -2.55. The second kappa shape index (κ2) is 2.69. The molecule has 0 saturated carbocycles. The van der Waals surface area contributed by atoms with Gasteiger partial charge in [0.1, 0.15) is 5.79 Å². The Morgan fingerprint density at radius 2 is 1.08 bits per heavy atom. The molecule has 74 valence electrons. The summed E-state index contributed by atoms with van der Waals surface area (Å²) >= 11 is 0. The van der Waals surface area contributed by atoms with Crippen molar-refractivity contribution < 1.29 is 0 Å². The number of nitrogens with zero attached hydrogens (tertiary/aromatic N) is 3. The first-order valence-corrected chi connectivity index (χ1v) is 5.57. The Morgan fingerprint density at radius 3 is 1.54 bits per heavy atom. The molecule has 0 atom stereocenters. The maximum Gasteiger partial charge on any atom is 0.128 e. The molecule has 0 aromatic carbocycles. The highest BCUT2D eigenvalue weighted by molar-refractivity contribution is 4.98. The fourth-order valence-electron chi connectivity index (χ4n) is 3.35. The van der Waals surface area contributed by atoms with Crippen LogP contribution >= 0.6 is 0 Å². The third kappa shape index (κ3) is 0.953. The zero-order valence-corrected chi connectivity index (χ0v) is 8.50. The highest BCUT2D eigenvalue weighted by atomic mass is 15.6. The standard InChI is InChI=1S/C10H19N3/c1-10-11-4-2-6-12(10)8-9-13(10)7-3-5-11/h2-9H2,1H3. The largest absolute Gasteiger partial charge is 0.273 e. The van der Waals surface area contributed by atoms with Gasteiger partial charge in [-0.3, -0.25) is 14.7 Å². The molecule has 13 heavy (non-hydrogen) atoms. The van der Waals surface area contributed by atoms with E-state index in [1.54, 1.807) is 0 Å². The Kier molecular flexibility index (Phi) is 1.70. The van der Waals surface area contributed by atoms with Gasteiger partial charge in [-0.05, 0) is 19.8 Å². The molecule has 0 spiro atoms. The Bertz CT molecular complexity index is 198. The summed E-state index contributed by atoms with van der Waals surface area (Å²) in [5.74, 6) is 0.302. The minimum atomic E-state index is 0.302. The molecule has 0 radical (unpaired) electrons. The summed E-state index contributed by atoms with van der Waals surface area (Å²) in [4.78, 5) is 8.00. The van der Waals surface area contributed by atoms with Crippen LogP contribution < -0.4 is 0 Å². The summed E-state index contributed by atoms with van der Waals surface area (Å²) < 4.78 is 0. The maximum absolute atomic E-state index is 2.67. The van der Waals surface area contributed by atoms with Crippen molar-refractivity contribution in [2.24, 2.45) is 0 Å². The molecule has 0 aliphatic carbocycles. The van der Waals surface area contributed by atoms with E-state index in [2.05, 4.69) is 21.6 Å². The lowest BCUT2D eigenvalue weighted by atomic mass is 10.1. The second-order valence-corrected chi connectivity index (χ2v) is 4.64. The van der Waals surface area contributed by atoms with Gasteiger partial charge in [0, 0.05) is 39.3 Å². The summed E-state index contributed by atoms with van der Waals surface area (Å²) in [5, 5.41) is 0. The fraction of sp³-hybridized carbons (Fsp3) is 1.00. The van der Waals surface area contributed by atoms with E-state index in [1.165, 1.54) is 52.1 Å². The van der Waals surface area contributed by atoms with Crippen molar-refractivity contribution in [3.05, 3.63) is 0 Å². The van der Waals surface area contributed by atoms with Crippen molar-refractivity contribution in [2.45, 2.75) is 25.6 Å². The predicted octanol–water partition coefficient (Wildman–Crippen LogP) is 0.387. The molecule has 3 rings (SSSR count). The van der Waals surface area contributed by atoms with Crippen molar-refractivity contribution in [3.63, 3.8) is 0 Å². The van der Waals surface area contributed by atoms with Crippen LogP contribution in [-0.4, -0.2) is 59.8 Å². The first kappa shape index (κ1) is 8.21. The van der Waals surface area contributed by atoms with E-state index in [0.29, 0.717) is 5.79 Å². The quantitative estimate of drug-likeness (QED) is 0.535. The number of hydrogen-bond donors (Lipinski definition) is 0. The molecule has 0 unspecified atom stereocenters. The van der Waals surface area contributed by atoms with Crippen LogP contribution in [0.25, 0.3) is 0 Å². The van der Waals surface area contributed by atoms with Gasteiger partial charge in [0.2, 0.25) is 0 Å². The van der Waals surface area contributed by atoms with E-state index < -0.39 is 0 Å². The zero-order valence-electron chi connectivity index (χ0n) is 8.50. The molecular formula is C10H19N3. The first-order valence-electron chi connectivity index (χ1n) is 5.57. The number of rotatable bonds is 0. The van der Waals surface area contributed by atoms with Gasteiger partial charge in [0.25, 0.3) is 0 Å². The van der Waals surface area contributed by atoms with Gasteiger partial charge >= 0.3 is 0 Å². The minimum Gasteiger partial charge on any atom is -0.273 e. The Morgan fingerprint density at radius 1 is 0.692 bits per heavy atom. The van der Waals surface area contributed by atoms with Crippen LogP contribution in [0.4, 0.5) is 0 Å². The van der Waals surface area contributed by atoms with Crippen molar-refractivity contribution in [2.75, 3.05) is 39.3 Å². The van der Waals surface area contributed by atoms with Gasteiger partial charge in [-0.25, -0.2) is 0 Å². The Balaban J connectivity index is 1.95.